The van der Waals surface area contributed by atoms with Crippen molar-refractivity contribution in [2.45, 2.75) is 19.4 Å². The van der Waals surface area contributed by atoms with Gasteiger partial charge in [-0.2, -0.15) is 0 Å². The van der Waals surface area contributed by atoms with Crippen molar-refractivity contribution < 1.29 is 9.53 Å². The fourth-order valence-corrected chi connectivity index (χ4v) is 1.93. The zero-order chi connectivity index (χ0) is 13.7. The number of carbonyl (C=O) groups excluding carboxylic acids is 1. The monoisotopic (exact) mass is 259 g/mol. The number of ether oxygens (including phenoxy) is 1. The minimum absolute atomic E-state index is 0.179. The van der Waals surface area contributed by atoms with Gasteiger partial charge < -0.3 is 15.0 Å². The fraction of sp³-hybridized carbons (Fsp3) is 0.286. The zero-order valence-corrected chi connectivity index (χ0v) is 10.9. The molecule has 2 rings (SSSR count). The van der Waals surface area contributed by atoms with Crippen LogP contribution in [0.1, 0.15) is 11.4 Å². The van der Waals surface area contributed by atoms with Gasteiger partial charge in [0.15, 0.2) is 0 Å². The van der Waals surface area contributed by atoms with Crippen molar-refractivity contribution in [3.63, 3.8) is 0 Å². The Labute approximate surface area is 112 Å². The Morgan fingerprint density at radius 2 is 2.05 bits per heavy atom. The molecule has 19 heavy (non-hydrogen) atoms. The van der Waals surface area contributed by atoms with Crippen molar-refractivity contribution in [1.29, 1.82) is 0 Å². The van der Waals surface area contributed by atoms with Gasteiger partial charge in [0.2, 0.25) is 5.91 Å². The minimum Gasteiger partial charge on any atom is -0.497 e. The highest BCUT2D eigenvalue weighted by atomic mass is 16.5. The van der Waals surface area contributed by atoms with E-state index in [0.29, 0.717) is 0 Å². The van der Waals surface area contributed by atoms with E-state index in [0.717, 1.165) is 24.4 Å². The molecule has 2 N–H and O–H groups in total. The predicted octanol–water partition coefficient (Wildman–Crippen LogP) is 1.16. The van der Waals surface area contributed by atoms with E-state index in [-0.39, 0.29) is 12.5 Å². The molecule has 1 amide bonds. The summed E-state index contributed by atoms with van der Waals surface area (Å²) in [6.07, 6.45) is 5.09. The topological polar surface area (TPSA) is 70.1 Å². The van der Waals surface area contributed by atoms with Gasteiger partial charge in [0.25, 0.3) is 0 Å². The van der Waals surface area contributed by atoms with Crippen LogP contribution < -0.4 is 10.5 Å². The summed E-state index contributed by atoms with van der Waals surface area (Å²) < 4.78 is 6.90. The Kier molecular flexibility index (Phi) is 4.18. The molecule has 0 fully saturated rings. The molecule has 100 valence electrons. The molecule has 1 heterocycles. The molecule has 0 radical (unpaired) electrons. The van der Waals surface area contributed by atoms with E-state index in [9.17, 15) is 4.79 Å². The van der Waals surface area contributed by atoms with Crippen molar-refractivity contribution in [2.24, 2.45) is 5.73 Å². The normalized spacial score (nSPS) is 10.4. The molecule has 0 aliphatic rings. The number of imidazole rings is 1. The number of nitrogens with two attached hydrogens (primary N) is 1. The highest BCUT2D eigenvalue weighted by Gasteiger charge is 2.05. The first-order valence-corrected chi connectivity index (χ1v) is 6.10. The van der Waals surface area contributed by atoms with Crippen molar-refractivity contribution >= 4 is 5.91 Å². The van der Waals surface area contributed by atoms with Crippen molar-refractivity contribution in [2.75, 3.05) is 7.11 Å². The fourth-order valence-electron chi connectivity index (χ4n) is 1.93. The van der Waals surface area contributed by atoms with Gasteiger partial charge in [0.05, 0.1) is 7.11 Å². The molecule has 0 unspecified atom stereocenters. The Bertz CT molecular complexity index is 546. The average molecular weight is 259 g/mol. The molecule has 5 heteroatoms. The van der Waals surface area contributed by atoms with Gasteiger partial charge in [0, 0.05) is 18.8 Å². The predicted molar refractivity (Wildman–Crippen MR) is 71.8 cm³/mol. The van der Waals surface area contributed by atoms with Crippen LogP contribution in [-0.4, -0.2) is 22.6 Å². The van der Waals surface area contributed by atoms with E-state index in [1.807, 2.05) is 24.3 Å². The van der Waals surface area contributed by atoms with E-state index in [1.165, 1.54) is 5.56 Å². The van der Waals surface area contributed by atoms with Crippen LogP contribution in [-0.2, 0) is 24.2 Å². The summed E-state index contributed by atoms with van der Waals surface area (Å²) in [5.41, 5.74) is 6.39. The van der Waals surface area contributed by atoms with Crippen LogP contribution in [0.2, 0.25) is 0 Å². The highest BCUT2D eigenvalue weighted by molar-refractivity contribution is 5.73. The number of rotatable bonds is 6. The molecule has 0 aliphatic carbocycles. The number of benzene rings is 1. The molecule has 1 aromatic heterocycles. The standard InChI is InChI=1S/C14H17N3O2/c1-19-12-5-2-11(3-6-12)4-7-14-16-8-9-17(14)10-13(15)18/h2-3,5-6,8-9H,4,7,10H2,1H3,(H2,15,18). The van der Waals surface area contributed by atoms with E-state index >= 15 is 0 Å². The Morgan fingerprint density at radius 3 is 2.68 bits per heavy atom. The van der Waals surface area contributed by atoms with Crippen LogP contribution >= 0.6 is 0 Å². The van der Waals surface area contributed by atoms with Crippen LogP contribution in [0.3, 0.4) is 0 Å². The molecule has 2 aromatic rings. The lowest BCUT2D eigenvalue weighted by Gasteiger charge is -2.06. The zero-order valence-electron chi connectivity index (χ0n) is 10.9. The summed E-state index contributed by atoms with van der Waals surface area (Å²) in [6.45, 7) is 0.179. The maximum atomic E-state index is 10.9. The van der Waals surface area contributed by atoms with Crippen LogP contribution in [0, 0.1) is 0 Å². The van der Waals surface area contributed by atoms with E-state index in [4.69, 9.17) is 10.5 Å². The maximum absolute atomic E-state index is 10.9. The molecule has 1 aromatic carbocycles. The van der Waals surface area contributed by atoms with Crippen LogP contribution in [0.5, 0.6) is 5.75 Å². The van der Waals surface area contributed by atoms with Crippen molar-refractivity contribution in [3.05, 3.63) is 48.0 Å². The lowest BCUT2D eigenvalue weighted by atomic mass is 10.1. The number of hydrogen-bond donors (Lipinski definition) is 1. The second-order valence-corrected chi connectivity index (χ2v) is 4.29. The quantitative estimate of drug-likeness (QED) is 0.846. The first-order valence-electron chi connectivity index (χ1n) is 6.10. The number of aryl methyl sites for hydroxylation is 2. The van der Waals surface area contributed by atoms with Gasteiger partial charge in [-0.1, -0.05) is 12.1 Å². The van der Waals surface area contributed by atoms with Gasteiger partial charge in [0.1, 0.15) is 18.1 Å². The van der Waals surface area contributed by atoms with Gasteiger partial charge in [-0.15, -0.1) is 0 Å². The second kappa shape index (κ2) is 6.04. The number of methoxy groups -OCH3 is 1. The minimum atomic E-state index is -0.358. The first kappa shape index (κ1) is 13.1. The Hall–Kier alpha value is -2.30. The Balaban J connectivity index is 1.98. The summed E-state index contributed by atoms with van der Waals surface area (Å²) in [7, 11) is 1.65. The molecule has 0 atom stereocenters. The third-order valence-electron chi connectivity index (χ3n) is 2.92. The Morgan fingerprint density at radius 1 is 1.32 bits per heavy atom. The van der Waals surface area contributed by atoms with E-state index in [2.05, 4.69) is 4.98 Å². The van der Waals surface area contributed by atoms with Crippen molar-refractivity contribution in [1.82, 2.24) is 9.55 Å². The largest absolute Gasteiger partial charge is 0.497 e. The summed E-state index contributed by atoms with van der Waals surface area (Å²) in [4.78, 5) is 15.2. The second-order valence-electron chi connectivity index (χ2n) is 4.29. The lowest BCUT2D eigenvalue weighted by molar-refractivity contribution is -0.118. The number of amides is 1. The van der Waals surface area contributed by atoms with Gasteiger partial charge in [-0.3, -0.25) is 4.79 Å². The van der Waals surface area contributed by atoms with E-state index < -0.39 is 0 Å². The van der Waals surface area contributed by atoms with Crippen LogP contribution in [0.25, 0.3) is 0 Å². The molecular formula is C14H17N3O2. The third-order valence-corrected chi connectivity index (χ3v) is 2.92. The summed E-state index contributed by atoms with van der Waals surface area (Å²) in [6, 6.07) is 7.93. The molecule has 0 saturated heterocycles. The molecule has 0 saturated carbocycles. The van der Waals surface area contributed by atoms with Gasteiger partial charge >= 0.3 is 0 Å². The molecule has 0 bridgehead atoms. The number of aromatic nitrogens is 2. The number of carbonyl (C=O) groups is 1. The number of nitrogens with zero attached hydrogens (tertiary/aromatic N) is 2. The molecular weight excluding hydrogens is 242 g/mol. The van der Waals surface area contributed by atoms with Gasteiger partial charge in [-0.25, -0.2) is 4.98 Å². The lowest BCUT2D eigenvalue weighted by Crippen LogP contribution is -2.19. The maximum Gasteiger partial charge on any atom is 0.237 e. The molecule has 0 aliphatic heterocycles. The molecule has 5 nitrogen and oxygen atoms in total. The van der Waals surface area contributed by atoms with Crippen LogP contribution in [0.4, 0.5) is 0 Å². The summed E-state index contributed by atoms with van der Waals surface area (Å²) in [5, 5.41) is 0. The number of hydrogen-bond acceptors (Lipinski definition) is 3. The highest BCUT2D eigenvalue weighted by Crippen LogP contribution is 2.13. The summed E-state index contributed by atoms with van der Waals surface area (Å²) >= 11 is 0. The third kappa shape index (κ3) is 3.58. The summed E-state index contributed by atoms with van der Waals surface area (Å²) in [5.74, 6) is 1.36. The van der Waals surface area contributed by atoms with Crippen molar-refractivity contribution in [3.8, 4) is 5.75 Å². The smallest absolute Gasteiger partial charge is 0.237 e. The average Bonchev–Trinajstić information content (AvgIpc) is 2.83. The van der Waals surface area contributed by atoms with E-state index in [1.54, 1.807) is 24.1 Å². The number of primary amides is 1. The first-order chi connectivity index (χ1) is 9.19. The van der Waals surface area contributed by atoms with Gasteiger partial charge in [-0.05, 0) is 24.1 Å². The SMILES string of the molecule is COc1ccc(CCc2nccn2CC(N)=O)cc1. The van der Waals surface area contributed by atoms with Crippen LogP contribution in [0.15, 0.2) is 36.7 Å². The molecule has 0 spiro atoms.